The third-order valence-electron chi connectivity index (χ3n) is 5.37. The predicted octanol–water partition coefficient (Wildman–Crippen LogP) is 1.61. The standard InChI is InChI=1S/C17H26N4O2/c1-12-11-21(8-9-23-12)14-4-6-20(7-5-14)17(22)16-10-15(18-19-16)13-2-3-13/h10,12-14H,2-9,11H2,1H3,(H,18,19)/t12-/m1/s1. The molecular weight excluding hydrogens is 292 g/mol. The van der Waals surface area contributed by atoms with Crippen molar-refractivity contribution in [2.75, 3.05) is 32.8 Å². The van der Waals surface area contributed by atoms with Gasteiger partial charge < -0.3 is 9.64 Å². The second-order valence-corrected chi connectivity index (χ2v) is 7.18. The Labute approximate surface area is 137 Å². The SMILES string of the molecule is C[C@@H]1CN(C2CCN(C(=O)c3cc(C4CC4)[nH]n3)CC2)CCO1. The van der Waals surface area contributed by atoms with Gasteiger partial charge in [-0.1, -0.05) is 0 Å². The van der Waals surface area contributed by atoms with Crippen LogP contribution in [0.2, 0.25) is 0 Å². The summed E-state index contributed by atoms with van der Waals surface area (Å²) in [7, 11) is 0. The molecular formula is C17H26N4O2. The largest absolute Gasteiger partial charge is 0.376 e. The fourth-order valence-corrected chi connectivity index (χ4v) is 3.82. The van der Waals surface area contributed by atoms with Crippen molar-refractivity contribution in [3.63, 3.8) is 0 Å². The first-order chi connectivity index (χ1) is 11.2. The van der Waals surface area contributed by atoms with E-state index in [4.69, 9.17) is 4.74 Å². The lowest BCUT2D eigenvalue weighted by Gasteiger charge is -2.41. The van der Waals surface area contributed by atoms with Crippen LogP contribution in [0.4, 0.5) is 0 Å². The maximum atomic E-state index is 12.6. The van der Waals surface area contributed by atoms with Crippen molar-refractivity contribution in [2.45, 2.75) is 50.7 Å². The topological polar surface area (TPSA) is 61.5 Å². The van der Waals surface area contributed by atoms with Gasteiger partial charge in [0.05, 0.1) is 12.7 Å². The minimum atomic E-state index is 0.0851. The highest BCUT2D eigenvalue weighted by molar-refractivity contribution is 5.92. The Hall–Kier alpha value is -1.40. The van der Waals surface area contributed by atoms with Gasteiger partial charge >= 0.3 is 0 Å². The van der Waals surface area contributed by atoms with Crippen molar-refractivity contribution < 1.29 is 9.53 Å². The summed E-state index contributed by atoms with van der Waals surface area (Å²) < 4.78 is 5.62. The van der Waals surface area contributed by atoms with E-state index in [9.17, 15) is 4.79 Å². The Morgan fingerprint density at radius 3 is 2.74 bits per heavy atom. The molecule has 1 aromatic rings. The van der Waals surface area contributed by atoms with Crippen LogP contribution < -0.4 is 0 Å². The highest BCUT2D eigenvalue weighted by Gasteiger charge is 2.31. The number of nitrogens with one attached hydrogen (secondary N) is 1. The van der Waals surface area contributed by atoms with Crippen molar-refractivity contribution in [1.82, 2.24) is 20.0 Å². The van der Waals surface area contributed by atoms with Gasteiger partial charge in [-0.2, -0.15) is 5.10 Å². The fourth-order valence-electron chi connectivity index (χ4n) is 3.82. The second-order valence-electron chi connectivity index (χ2n) is 7.18. The molecule has 0 radical (unpaired) electrons. The van der Waals surface area contributed by atoms with Crippen LogP contribution in [0.3, 0.4) is 0 Å². The Bertz CT molecular complexity index is 561. The molecule has 1 saturated carbocycles. The van der Waals surface area contributed by atoms with Gasteiger partial charge in [-0.3, -0.25) is 14.8 Å². The molecule has 1 aliphatic carbocycles. The number of carbonyl (C=O) groups is 1. The third kappa shape index (κ3) is 3.28. The molecule has 0 spiro atoms. The zero-order chi connectivity index (χ0) is 15.8. The molecule has 3 aliphatic rings. The van der Waals surface area contributed by atoms with E-state index in [1.807, 2.05) is 11.0 Å². The maximum absolute atomic E-state index is 12.6. The van der Waals surface area contributed by atoms with E-state index in [0.717, 1.165) is 51.3 Å². The number of ether oxygens (including phenoxy) is 1. The van der Waals surface area contributed by atoms with E-state index in [1.54, 1.807) is 0 Å². The molecule has 23 heavy (non-hydrogen) atoms. The number of carbonyl (C=O) groups excluding carboxylic acids is 1. The molecule has 0 bridgehead atoms. The molecule has 1 N–H and O–H groups in total. The van der Waals surface area contributed by atoms with Crippen LogP contribution >= 0.6 is 0 Å². The molecule has 0 unspecified atom stereocenters. The van der Waals surface area contributed by atoms with E-state index in [1.165, 1.54) is 12.8 Å². The lowest BCUT2D eigenvalue weighted by Crippen LogP contribution is -2.51. The van der Waals surface area contributed by atoms with E-state index >= 15 is 0 Å². The number of hydrogen-bond donors (Lipinski definition) is 1. The minimum absolute atomic E-state index is 0.0851. The lowest BCUT2D eigenvalue weighted by molar-refractivity contribution is -0.0424. The molecule has 2 saturated heterocycles. The number of aromatic nitrogens is 2. The number of piperidine rings is 1. The number of H-pyrrole nitrogens is 1. The number of amides is 1. The summed E-state index contributed by atoms with van der Waals surface area (Å²) in [6.45, 7) is 6.68. The number of likely N-dealkylation sites (tertiary alicyclic amines) is 1. The van der Waals surface area contributed by atoms with Crippen LogP contribution in [-0.4, -0.2) is 70.8 Å². The zero-order valence-corrected chi connectivity index (χ0v) is 13.8. The molecule has 6 heteroatoms. The first-order valence-corrected chi connectivity index (χ1v) is 8.91. The van der Waals surface area contributed by atoms with Crippen molar-refractivity contribution in [1.29, 1.82) is 0 Å². The highest BCUT2D eigenvalue weighted by atomic mass is 16.5. The van der Waals surface area contributed by atoms with Crippen molar-refractivity contribution in [3.05, 3.63) is 17.5 Å². The molecule has 3 heterocycles. The Morgan fingerprint density at radius 2 is 2.04 bits per heavy atom. The summed E-state index contributed by atoms with van der Waals surface area (Å²) in [5.74, 6) is 0.694. The summed E-state index contributed by atoms with van der Waals surface area (Å²) in [5, 5.41) is 7.26. The first-order valence-electron chi connectivity index (χ1n) is 8.91. The van der Waals surface area contributed by atoms with Crippen molar-refractivity contribution in [3.8, 4) is 0 Å². The van der Waals surface area contributed by atoms with E-state index in [2.05, 4.69) is 22.0 Å². The van der Waals surface area contributed by atoms with Crippen molar-refractivity contribution >= 4 is 5.91 Å². The summed E-state index contributed by atoms with van der Waals surface area (Å²) in [6, 6.07) is 2.54. The molecule has 1 amide bonds. The van der Waals surface area contributed by atoms with Crippen LogP contribution in [0.5, 0.6) is 0 Å². The molecule has 126 valence electrons. The number of aromatic amines is 1. The second kappa shape index (κ2) is 6.24. The average molecular weight is 318 g/mol. The molecule has 1 atom stereocenters. The zero-order valence-electron chi connectivity index (χ0n) is 13.8. The summed E-state index contributed by atoms with van der Waals surface area (Å²) in [6.07, 6.45) is 4.88. The number of nitrogens with zero attached hydrogens (tertiary/aromatic N) is 3. The predicted molar refractivity (Wildman–Crippen MR) is 86.5 cm³/mol. The summed E-state index contributed by atoms with van der Waals surface area (Å²) >= 11 is 0. The van der Waals surface area contributed by atoms with E-state index in [-0.39, 0.29) is 5.91 Å². The van der Waals surface area contributed by atoms with Crippen molar-refractivity contribution in [2.24, 2.45) is 0 Å². The van der Waals surface area contributed by atoms with Gasteiger partial charge in [-0.25, -0.2) is 0 Å². The van der Waals surface area contributed by atoms with Gasteiger partial charge in [0.15, 0.2) is 0 Å². The lowest BCUT2D eigenvalue weighted by atomic mass is 10.0. The first kappa shape index (κ1) is 15.1. The van der Waals surface area contributed by atoms with Gasteiger partial charge in [0.1, 0.15) is 5.69 Å². The Morgan fingerprint density at radius 1 is 1.26 bits per heavy atom. The Balaban J connectivity index is 1.32. The number of rotatable bonds is 3. The van der Waals surface area contributed by atoms with Gasteiger partial charge in [0.2, 0.25) is 0 Å². The monoisotopic (exact) mass is 318 g/mol. The average Bonchev–Trinajstić information content (AvgIpc) is 3.32. The molecule has 1 aromatic heterocycles. The van der Waals surface area contributed by atoms with Crippen LogP contribution in [0.15, 0.2) is 6.07 Å². The smallest absolute Gasteiger partial charge is 0.274 e. The number of morpholine rings is 1. The number of hydrogen-bond acceptors (Lipinski definition) is 4. The highest BCUT2D eigenvalue weighted by Crippen LogP contribution is 2.39. The molecule has 2 aliphatic heterocycles. The van der Waals surface area contributed by atoms with Crippen LogP contribution in [0.1, 0.15) is 54.7 Å². The van der Waals surface area contributed by atoms with Crippen LogP contribution in [0.25, 0.3) is 0 Å². The summed E-state index contributed by atoms with van der Waals surface area (Å²) in [4.78, 5) is 17.1. The maximum Gasteiger partial charge on any atom is 0.274 e. The quantitative estimate of drug-likeness (QED) is 0.920. The molecule has 6 nitrogen and oxygen atoms in total. The van der Waals surface area contributed by atoms with Gasteiger partial charge in [0, 0.05) is 43.8 Å². The fraction of sp³-hybridized carbons (Fsp3) is 0.765. The minimum Gasteiger partial charge on any atom is -0.376 e. The molecule has 4 rings (SSSR count). The van der Waals surface area contributed by atoms with Crippen LogP contribution in [-0.2, 0) is 4.74 Å². The Kier molecular flexibility index (Phi) is 4.11. The molecule has 0 aromatic carbocycles. The van der Waals surface area contributed by atoms with Gasteiger partial charge in [0.25, 0.3) is 5.91 Å². The van der Waals surface area contributed by atoms with Gasteiger partial charge in [-0.15, -0.1) is 0 Å². The molecule has 3 fully saturated rings. The third-order valence-corrected chi connectivity index (χ3v) is 5.37. The van der Waals surface area contributed by atoms with E-state index < -0.39 is 0 Å². The van der Waals surface area contributed by atoms with E-state index in [0.29, 0.717) is 23.8 Å². The van der Waals surface area contributed by atoms with Crippen LogP contribution in [0, 0.1) is 0 Å². The van der Waals surface area contributed by atoms with Gasteiger partial charge in [-0.05, 0) is 38.7 Å². The summed E-state index contributed by atoms with van der Waals surface area (Å²) in [5.41, 5.74) is 1.72. The normalized spacial score (nSPS) is 27.3.